The van der Waals surface area contributed by atoms with Gasteiger partial charge in [-0.2, -0.15) is 5.26 Å². The molecule has 0 saturated carbocycles. The van der Waals surface area contributed by atoms with Crippen molar-refractivity contribution in [2.45, 2.75) is 38.7 Å². The molecule has 9 nitrogen and oxygen atoms in total. The van der Waals surface area contributed by atoms with E-state index in [9.17, 15) is 14.4 Å². The van der Waals surface area contributed by atoms with Crippen LogP contribution in [0, 0.1) is 18.3 Å². The van der Waals surface area contributed by atoms with Crippen molar-refractivity contribution in [3.8, 4) is 11.8 Å². The number of Topliss-reactive ketones (excluding diaryl/α,β-unsaturated/α-hetero) is 1. The van der Waals surface area contributed by atoms with Crippen molar-refractivity contribution in [3.05, 3.63) is 52.7 Å². The van der Waals surface area contributed by atoms with Gasteiger partial charge in [-0.1, -0.05) is 11.3 Å². The van der Waals surface area contributed by atoms with Gasteiger partial charge in [-0.05, 0) is 44.2 Å². The van der Waals surface area contributed by atoms with Crippen LogP contribution in [0.3, 0.4) is 0 Å². The van der Waals surface area contributed by atoms with E-state index in [1.807, 2.05) is 26.0 Å². The molecule has 1 aromatic carbocycles. The number of urea groups is 1. The number of ketones is 1. The highest BCUT2D eigenvalue weighted by molar-refractivity contribution is 7.23. The maximum absolute atomic E-state index is 13.7. The second-order valence-corrected chi connectivity index (χ2v) is 10.1. The molecule has 1 spiro atoms. The lowest BCUT2D eigenvalue weighted by Crippen LogP contribution is -2.52. The van der Waals surface area contributed by atoms with Gasteiger partial charge in [-0.15, -0.1) is 0 Å². The van der Waals surface area contributed by atoms with Crippen molar-refractivity contribution in [3.63, 3.8) is 0 Å². The van der Waals surface area contributed by atoms with Crippen molar-refractivity contribution in [2.24, 2.45) is 0 Å². The molecule has 4 heterocycles. The summed E-state index contributed by atoms with van der Waals surface area (Å²) in [5.41, 5.74) is 1.44. The van der Waals surface area contributed by atoms with Gasteiger partial charge in [-0.3, -0.25) is 14.9 Å². The van der Waals surface area contributed by atoms with Crippen molar-refractivity contribution >= 4 is 44.3 Å². The number of aromatic nitrogens is 1. The summed E-state index contributed by atoms with van der Waals surface area (Å²) < 4.78 is 6.29. The summed E-state index contributed by atoms with van der Waals surface area (Å²) in [7, 11) is 0. The number of carbonyl (C=O) groups excluding carboxylic acids is 3. The van der Waals surface area contributed by atoms with Crippen LogP contribution >= 0.6 is 11.3 Å². The van der Waals surface area contributed by atoms with Crippen LogP contribution in [0.2, 0.25) is 0 Å². The topological polar surface area (TPSA) is 124 Å². The minimum Gasteiger partial charge on any atom is -0.486 e. The SMILES string of the molecule is CCNC(=O)Nc1sc2nc(C)ccc2c1C(=O)N1CCC2(CC1)CC(=O)c1cc(C#N)ccc1O2. The molecule has 0 atom stereocenters. The molecule has 2 aliphatic heterocycles. The number of likely N-dealkylation sites (tertiary alicyclic amines) is 1. The molecule has 0 aliphatic carbocycles. The molecule has 2 aromatic heterocycles. The second kappa shape index (κ2) is 9.24. The van der Waals surface area contributed by atoms with Gasteiger partial charge in [0.25, 0.3) is 5.91 Å². The molecule has 0 radical (unpaired) electrons. The average Bonchev–Trinajstić information content (AvgIpc) is 3.20. The van der Waals surface area contributed by atoms with E-state index < -0.39 is 5.60 Å². The van der Waals surface area contributed by atoms with Gasteiger partial charge in [0, 0.05) is 43.6 Å². The number of nitrogens with one attached hydrogen (secondary N) is 2. The molecule has 2 N–H and O–H groups in total. The number of nitriles is 1. The largest absolute Gasteiger partial charge is 0.486 e. The third-order valence-corrected chi connectivity index (χ3v) is 7.67. The number of ether oxygens (including phenoxy) is 1. The van der Waals surface area contributed by atoms with E-state index in [2.05, 4.69) is 21.7 Å². The number of piperidine rings is 1. The summed E-state index contributed by atoms with van der Waals surface area (Å²) in [6.45, 7) is 4.99. The van der Waals surface area contributed by atoms with Gasteiger partial charge in [0.15, 0.2) is 5.78 Å². The van der Waals surface area contributed by atoms with Crippen LogP contribution in [0.5, 0.6) is 5.75 Å². The number of carbonyl (C=O) groups is 3. The van der Waals surface area contributed by atoms with E-state index in [1.165, 1.54) is 11.3 Å². The lowest BCUT2D eigenvalue weighted by molar-refractivity contribution is -0.00563. The molecule has 36 heavy (non-hydrogen) atoms. The van der Waals surface area contributed by atoms with Crippen LogP contribution in [-0.4, -0.2) is 52.8 Å². The fourth-order valence-corrected chi connectivity index (χ4v) is 5.90. The normalized spacial score (nSPS) is 16.2. The number of nitrogens with zero attached hydrogens (tertiary/aromatic N) is 3. The van der Waals surface area contributed by atoms with Crippen LogP contribution in [0.1, 0.15) is 58.2 Å². The quantitative estimate of drug-likeness (QED) is 0.550. The highest BCUT2D eigenvalue weighted by Gasteiger charge is 2.44. The molecule has 2 aliphatic rings. The van der Waals surface area contributed by atoms with Crippen molar-refractivity contribution in [2.75, 3.05) is 25.0 Å². The third kappa shape index (κ3) is 4.27. The third-order valence-electron chi connectivity index (χ3n) is 6.65. The van der Waals surface area contributed by atoms with Gasteiger partial charge >= 0.3 is 6.03 Å². The minimum absolute atomic E-state index is 0.0492. The molecular formula is C26H25N5O4S. The standard InChI is InChI=1S/C26H25N5O4S/c1-3-28-25(34)30-23-21(17-6-4-15(2)29-22(17)36-23)24(33)31-10-8-26(9-11-31)13-19(32)18-12-16(14-27)5-7-20(18)35-26/h4-7,12H,3,8-11,13H2,1-2H3,(H2,28,30,34). The summed E-state index contributed by atoms with van der Waals surface area (Å²) >= 11 is 1.28. The first-order chi connectivity index (χ1) is 17.3. The Morgan fingerprint density at radius 3 is 2.75 bits per heavy atom. The maximum atomic E-state index is 13.7. The Bertz CT molecular complexity index is 1430. The van der Waals surface area contributed by atoms with E-state index in [0.29, 0.717) is 70.1 Å². The summed E-state index contributed by atoms with van der Waals surface area (Å²) in [6.07, 6.45) is 1.22. The molecule has 5 rings (SSSR count). The van der Waals surface area contributed by atoms with E-state index in [-0.39, 0.29) is 24.1 Å². The Morgan fingerprint density at radius 2 is 2.03 bits per heavy atom. The summed E-state index contributed by atoms with van der Waals surface area (Å²) in [5.74, 6) is 0.255. The van der Waals surface area contributed by atoms with E-state index >= 15 is 0 Å². The molecular weight excluding hydrogens is 478 g/mol. The zero-order valence-corrected chi connectivity index (χ0v) is 20.8. The molecule has 3 amide bonds. The van der Waals surface area contributed by atoms with Crippen molar-refractivity contribution in [1.29, 1.82) is 5.26 Å². The number of thiophene rings is 1. The number of rotatable bonds is 3. The van der Waals surface area contributed by atoms with Crippen molar-refractivity contribution in [1.82, 2.24) is 15.2 Å². The highest BCUT2D eigenvalue weighted by atomic mass is 32.1. The van der Waals surface area contributed by atoms with Crippen LogP contribution in [-0.2, 0) is 0 Å². The lowest BCUT2D eigenvalue weighted by atomic mass is 9.82. The molecule has 3 aromatic rings. The Morgan fingerprint density at radius 1 is 1.25 bits per heavy atom. The van der Waals surface area contributed by atoms with Gasteiger partial charge < -0.3 is 15.0 Å². The first kappa shape index (κ1) is 23.8. The molecule has 1 saturated heterocycles. The number of fused-ring (bicyclic) bond motifs is 2. The maximum Gasteiger partial charge on any atom is 0.319 e. The number of anilines is 1. The Labute approximate surface area is 212 Å². The fourth-order valence-electron chi connectivity index (χ4n) is 4.80. The molecule has 0 unspecified atom stereocenters. The predicted octanol–water partition coefficient (Wildman–Crippen LogP) is 4.26. The number of hydrogen-bond acceptors (Lipinski definition) is 7. The molecule has 10 heteroatoms. The number of amides is 3. The van der Waals surface area contributed by atoms with Crippen LogP contribution in [0.25, 0.3) is 10.2 Å². The predicted molar refractivity (Wildman–Crippen MR) is 136 cm³/mol. The van der Waals surface area contributed by atoms with E-state index in [4.69, 9.17) is 10.00 Å². The van der Waals surface area contributed by atoms with Crippen LogP contribution in [0.15, 0.2) is 30.3 Å². The minimum atomic E-state index is -0.674. The first-order valence-corrected chi connectivity index (χ1v) is 12.6. The van der Waals surface area contributed by atoms with Crippen LogP contribution < -0.4 is 15.4 Å². The lowest BCUT2D eigenvalue weighted by Gasteiger charge is -2.44. The smallest absolute Gasteiger partial charge is 0.319 e. The fraction of sp³-hybridized carbons (Fsp3) is 0.346. The zero-order chi connectivity index (χ0) is 25.4. The second-order valence-electron chi connectivity index (χ2n) is 9.10. The van der Waals surface area contributed by atoms with Crippen molar-refractivity contribution < 1.29 is 19.1 Å². The average molecular weight is 504 g/mol. The Kier molecular flexibility index (Phi) is 6.10. The Hall–Kier alpha value is -3.97. The molecule has 1 fully saturated rings. The summed E-state index contributed by atoms with van der Waals surface area (Å²) in [5, 5.41) is 15.8. The van der Waals surface area contributed by atoms with E-state index in [0.717, 1.165) is 5.69 Å². The monoisotopic (exact) mass is 503 g/mol. The first-order valence-electron chi connectivity index (χ1n) is 11.8. The summed E-state index contributed by atoms with van der Waals surface area (Å²) in [6, 6.07) is 10.3. The number of pyridine rings is 1. The van der Waals surface area contributed by atoms with E-state index in [1.54, 1.807) is 23.1 Å². The highest BCUT2D eigenvalue weighted by Crippen LogP contribution is 2.41. The number of aryl methyl sites for hydroxylation is 1. The molecule has 0 bridgehead atoms. The van der Waals surface area contributed by atoms with Gasteiger partial charge in [0.05, 0.1) is 29.2 Å². The summed E-state index contributed by atoms with van der Waals surface area (Å²) in [4.78, 5) is 45.8. The van der Waals surface area contributed by atoms with Gasteiger partial charge in [-0.25, -0.2) is 9.78 Å². The Balaban J connectivity index is 1.38. The van der Waals surface area contributed by atoms with Crippen LogP contribution in [0.4, 0.5) is 9.80 Å². The van der Waals surface area contributed by atoms with Gasteiger partial charge in [0.2, 0.25) is 0 Å². The molecule has 184 valence electrons. The number of hydrogen-bond donors (Lipinski definition) is 2. The van der Waals surface area contributed by atoms with Gasteiger partial charge in [0.1, 0.15) is 21.2 Å². The number of benzene rings is 1. The zero-order valence-electron chi connectivity index (χ0n) is 20.0.